The number of ether oxygens (including phenoxy) is 2. The van der Waals surface area contributed by atoms with Crippen LogP contribution in [0.1, 0.15) is 35.3 Å². The fourth-order valence-electron chi connectivity index (χ4n) is 3.87. The lowest BCUT2D eigenvalue weighted by molar-refractivity contribution is -0.145. The van der Waals surface area contributed by atoms with Gasteiger partial charge in [0, 0.05) is 11.6 Å². The zero-order valence-electron chi connectivity index (χ0n) is 21.6. The van der Waals surface area contributed by atoms with Gasteiger partial charge in [-0.3, -0.25) is 14.2 Å². The molecule has 1 heterocycles. The Morgan fingerprint density at radius 2 is 1.78 bits per heavy atom. The number of rotatable bonds is 8. The van der Waals surface area contributed by atoms with E-state index in [1.165, 1.54) is 60.3 Å². The molecular weight excluding hydrogens is 586 g/mol. The zero-order valence-corrected chi connectivity index (χ0v) is 23.1. The molecule has 4 aromatic rings. The second kappa shape index (κ2) is 12.2. The molecule has 0 saturated carbocycles. The molecule has 0 spiro atoms. The summed E-state index contributed by atoms with van der Waals surface area (Å²) in [7, 11) is 0. The predicted molar refractivity (Wildman–Crippen MR) is 147 cm³/mol. The molecule has 0 radical (unpaired) electrons. The minimum Gasteiger partial charge on any atom is -0.464 e. The van der Waals surface area contributed by atoms with Crippen molar-refractivity contribution in [1.82, 2.24) is 14.9 Å². The second-order valence-electron chi connectivity index (χ2n) is 8.87. The van der Waals surface area contributed by atoms with Gasteiger partial charge in [-0.15, -0.1) is 0 Å². The number of aromatic nitrogens is 2. The average molecular weight is 608 g/mol. The summed E-state index contributed by atoms with van der Waals surface area (Å²) < 4.78 is 51.0. The van der Waals surface area contributed by atoms with E-state index in [1.807, 2.05) is 0 Å². The summed E-state index contributed by atoms with van der Waals surface area (Å²) in [5.41, 5.74) is -0.619. The summed E-state index contributed by atoms with van der Waals surface area (Å²) in [6.07, 6.45) is -3.26. The number of nitrogens with one attached hydrogen (secondary N) is 1. The molecule has 0 fully saturated rings. The third-order valence-corrected chi connectivity index (χ3v) is 6.43. The number of alkyl halides is 3. The Labute approximate surface area is 241 Å². The number of hydrogen-bond acceptors (Lipinski definition) is 6. The highest BCUT2D eigenvalue weighted by Crippen LogP contribution is 2.38. The number of amides is 1. The first kappa shape index (κ1) is 29.9. The number of carbonyl (C=O) groups excluding carboxylic acids is 2. The summed E-state index contributed by atoms with van der Waals surface area (Å²) >= 11 is 12.7. The Morgan fingerprint density at radius 1 is 1.07 bits per heavy atom. The number of carbonyl (C=O) groups is 2. The molecule has 0 unspecified atom stereocenters. The van der Waals surface area contributed by atoms with Crippen LogP contribution < -0.4 is 15.6 Å². The molecule has 1 atom stereocenters. The van der Waals surface area contributed by atoms with Gasteiger partial charge in [-0.1, -0.05) is 35.3 Å². The largest absolute Gasteiger partial charge is 0.464 e. The van der Waals surface area contributed by atoms with Crippen LogP contribution in [-0.2, 0) is 22.3 Å². The van der Waals surface area contributed by atoms with Crippen molar-refractivity contribution < 1.29 is 32.2 Å². The van der Waals surface area contributed by atoms with Crippen molar-refractivity contribution in [3.8, 4) is 11.5 Å². The Kier molecular flexibility index (Phi) is 8.89. The molecule has 8 nitrogen and oxygen atoms in total. The number of benzene rings is 3. The van der Waals surface area contributed by atoms with Gasteiger partial charge in [-0.05, 0) is 55.8 Å². The van der Waals surface area contributed by atoms with Crippen molar-refractivity contribution in [3.05, 3.63) is 98.0 Å². The monoisotopic (exact) mass is 607 g/mol. The van der Waals surface area contributed by atoms with Gasteiger partial charge in [-0.25, -0.2) is 9.78 Å². The van der Waals surface area contributed by atoms with Crippen LogP contribution in [0.4, 0.5) is 13.2 Å². The fourth-order valence-corrected chi connectivity index (χ4v) is 4.43. The maximum atomic E-state index is 13.0. The zero-order chi connectivity index (χ0) is 29.9. The Morgan fingerprint density at radius 3 is 2.44 bits per heavy atom. The van der Waals surface area contributed by atoms with Gasteiger partial charge in [0.2, 0.25) is 0 Å². The van der Waals surface area contributed by atoms with Crippen molar-refractivity contribution in [2.45, 2.75) is 32.6 Å². The topological polar surface area (TPSA) is 99.5 Å². The van der Waals surface area contributed by atoms with E-state index >= 15 is 0 Å². The normalized spacial score (nSPS) is 12.2. The van der Waals surface area contributed by atoms with Crippen LogP contribution >= 0.6 is 23.2 Å². The van der Waals surface area contributed by atoms with Gasteiger partial charge >= 0.3 is 12.1 Å². The number of fused-ring (bicyclic) bond motifs is 1. The first-order valence-electron chi connectivity index (χ1n) is 12.2. The molecule has 1 aromatic heterocycles. The summed E-state index contributed by atoms with van der Waals surface area (Å²) in [6.45, 7) is 3.19. The number of halogens is 5. The summed E-state index contributed by atoms with van der Waals surface area (Å²) in [6, 6.07) is 10.9. The van der Waals surface area contributed by atoms with Crippen molar-refractivity contribution in [3.63, 3.8) is 0 Å². The molecule has 13 heteroatoms. The molecule has 0 saturated heterocycles. The van der Waals surface area contributed by atoms with Crippen LogP contribution in [0.15, 0.2) is 65.7 Å². The molecule has 4 rings (SSSR count). The number of nitrogens with zero attached hydrogens (tertiary/aromatic N) is 2. The van der Waals surface area contributed by atoms with Crippen LogP contribution in [0.3, 0.4) is 0 Å². The summed E-state index contributed by atoms with van der Waals surface area (Å²) in [5, 5.41) is 2.73. The van der Waals surface area contributed by atoms with E-state index in [1.54, 1.807) is 6.92 Å². The van der Waals surface area contributed by atoms with E-state index in [-0.39, 0.29) is 51.2 Å². The molecule has 1 amide bonds. The van der Waals surface area contributed by atoms with Crippen molar-refractivity contribution in [2.24, 2.45) is 0 Å². The van der Waals surface area contributed by atoms with E-state index < -0.39 is 35.2 Å². The molecule has 0 bridgehead atoms. The van der Waals surface area contributed by atoms with Gasteiger partial charge in [0.1, 0.15) is 11.8 Å². The Hall–Kier alpha value is -4.09. The minimum atomic E-state index is -4.50. The average Bonchev–Trinajstić information content (AvgIpc) is 2.92. The third kappa shape index (κ3) is 6.98. The van der Waals surface area contributed by atoms with Gasteiger partial charge in [0.25, 0.3) is 11.5 Å². The lowest BCUT2D eigenvalue weighted by Gasteiger charge is -2.15. The quantitative estimate of drug-likeness (QED) is 0.238. The SMILES string of the molecule is CCOC(=O)[C@@H](C)NC(=O)c1cc(Cl)c(Oc2ccc3c(=O)n(Cc4cccc(C(F)(F)F)c4)cnc3c2)c(Cl)c1. The van der Waals surface area contributed by atoms with E-state index in [2.05, 4.69) is 10.3 Å². The molecule has 41 heavy (non-hydrogen) atoms. The van der Waals surface area contributed by atoms with Crippen LogP contribution in [-0.4, -0.2) is 34.1 Å². The Bertz CT molecular complexity index is 1670. The minimum absolute atomic E-state index is 0.0102. The highest BCUT2D eigenvalue weighted by Gasteiger charge is 2.30. The lowest BCUT2D eigenvalue weighted by Crippen LogP contribution is -2.39. The summed E-state index contributed by atoms with van der Waals surface area (Å²) in [5.74, 6) is -0.917. The standard InChI is InChI=1S/C28H22Cl2F3N3O5/c1-3-40-27(39)15(2)35-25(37)17-10-21(29)24(22(30)11-17)41-19-7-8-20-23(12-19)34-14-36(26(20)38)13-16-5-4-6-18(9-16)28(31,32)33/h4-12,14-15H,3,13H2,1-2H3,(H,35,37)/t15-/m1/s1. The lowest BCUT2D eigenvalue weighted by atomic mass is 10.1. The fraction of sp³-hybridized carbons (Fsp3) is 0.214. The second-order valence-corrected chi connectivity index (χ2v) is 9.69. The predicted octanol–water partition coefficient (Wildman–Crippen LogP) is 6.24. The first-order valence-corrected chi connectivity index (χ1v) is 12.9. The van der Waals surface area contributed by atoms with Crippen LogP contribution in [0.25, 0.3) is 10.9 Å². The van der Waals surface area contributed by atoms with Gasteiger partial charge < -0.3 is 14.8 Å². The highest BCUT2D eigenvalue weighted by atomic mass is 35.5. The van der Waals surface area contributed by atoms with Crippen LogP contribution in [0.2, 0.25) is 10.0 Å². The molecule has 3 aromatic carbocycles. The molecular formula is C28H22Cl2F3N3O5. The first-order chi connectivity index (χ1) is 19.4. The van der Waals surface area contributed by atoms with Crippen molar-refractivity contribution in [2.75, 3.05) is 6.61 Å². The van der Waals surface area contributed by atoms with Crippen LogP contribution in [0.5, 0.6) is 11.5 Å². The highest BCUT2D eigenvalue weighted by molar-refractivity contribution is 6.37. The third-order valence-electron chi connectivity index (χ3n) is 5.87. The molecule has 0 aliphatic heterocycles. The van der Waals surface area contributed by atoms with Gasteiger partial charge in [-0.2, -0.15) is 13.2 Å². The van der Waals surface area contributed by atoms with E-state index in [0.29, 0.717) is 5.56 Å². The molecule has 214 valence electrons. The molecule has 0 aliphatic rings. The molecule has 1 N–H and O–H groups in total. The van der Waals surface area contributed by atoms with Gasteiger partial charge in [0.15, 0.2) is 5.75 Å². The maximum absolute atomic E-state index is 13.0. The maximum Gasteiger partial charge on any atom is 0.416 e. The van der Waals surface area contributed by atoms with E-state index in [9.17, 15) is 27.6 Å². The van der Waals surface area contributed by atoms with Crippen molar-refractivity contribution >= 4 is 46.0 Å². The van der Waals surface area contributed by atoms with Crippen molar-refractivity contribution in [1.29, 1.82) is 0 Å². The van der Waals surface area contributed by atoms with Gasteiger partial charge in [0.05, 0.1) is 46.0 Å². The molecule has 0 aliphatic carbocycles. The Balaban J connectivity index is 1.53. The smallest absolute Gasteiger partial charge is 0.416 e. The van der Waals surface area contributed by atoms with E-state index in [4.69, 9.17) is 32.7 Å². The number of hydrogen-bond donors (Lipinski definition) is 1. The summed E-state index contributed by atoms with van der Waals surface area (Å²) in [4.78, 5) is 41.6. The van der Waals surface area contributed by atoms with E-state index in [0.717, 1.165) is 12.1 Å². The number of esters is 1. The van der Waals surface area contributed by atoms with Crippen LogP contribution in [0, 0.1) is 0 Å².